The van der Waals surface area contributed by atoms with Crippen molar-refractivity contribution in [3.8, 4) is 0 Å². The molecule has 3 rings (SSSR count). The minimum atomic E-state index is -0.830. The number of amides is 2. The SMILES string of the molecule is Cc1ccc(NC(=O)CC[C@@H]2C(=O)OCN2C(=O)OCc2ccccc2)cc1C. The molecule has 7 nitrogen and oxygen atoms in total. The zero-order chi connectivity index (χ0) is 20.8. The molecule has 29 heavy (non-hydrogen) atoms. The molecule has 7 heteroatoms. The van der Waals surface area contributed by atoms with E-state index in [9.17, 15) is 14.4 Å². The number of benzene rings is 2. The molecule has 1 N–H and O–H groups in total. The standard InChI is InChI=1S/C22H24N2O5/c1-15-8-9-18(12-16(15)2)23-20(25)11-10-19-21(26)29-14-24(19)22(27)28-13-17-6-4-3-5-7-17/h3-9,12,19H,10-11,13-14H2,1-2H3,(H,23,25)/t19-/m1/s1. The summed E-state index contributed by atoms with van der Waals surface area (Å²) in [7, 11) is 0. The van der Waals surface area contributed by atoms with Crippen LogP contribution in [0.25, 0.3) is 0 Å². The molecule has 1 aliphatic heterocycles. The van der Waals surface area contributed by atoms with E-state index in [4.69, 9.17) is 9.47 Å². The maximum absolute atomic E-state index is 12.4. The predicted molar refractivity (Wildman–Crippen MR) is 107 cm³/mol. The summed E-state index contributed by atoms with van der Waals surface area (Å²) in [5.41, 5.74) is 3.76. The van der Waals surface area contributed by atoms with E-state index in [0.29, 0.717) is 5.69 Å². The Balaban J connectivity index is 1.52. The smallest absolute Gasteiger partial charge is 0.413 e. The average Bonchev–Trinajstić information content (AvgIpc) is 3.08. The van der Waals surface area contributed by atoms with Crippen molar-refractivity contribution in [1.29, 1.82) is 0 Å². The first-order chi connectivity index (χ1) is 13.9. The molecule has 0 aromatic heterocycles. The molecule has 1 heterocycles. The maximum Gasteiger partial charge on any atom is 0.413 e. The highest BCUT2D eigenvalue weighted by Gasteiger charge is 2.38. The highest BCUT2D eigenvalue weighted by molar-refractivity contribution is 5.91. The van der Waals surface area contributed by atoms with Gasteiger partial charge in [-0.1, -0.05) is 36.4 Å². The fraction of sp³-hybridized carbons (Fsp3) is 0.318. The number of hydrogen-bond donors (Lipinski definition) is 1. The van der Waals surface area contributed by atoms with Crippen LogP contribution in [0.2, 0.25) is 0 Å². The van der Waals surface area contributed by atoms with Gasteiger partial charge in [0.05, 0.1) is 0 Å². The first kappa shape index (κ1) is 20.4. The molecule has 1 fully saturated rings. The molecule has 1 saturated heterocycles. The van der Waals surface area contributed by atoms with E-state index in [2.05, 4.69) is 5.32 Å². The number of carbonyl (C=O) groups is 3. The number of anilines is 1. The predicted octanol–water partition coefficient (Wildman–Crippen LogP) is 3.54. The molecule has 152 valence electrons. The Morgan fingerprint density at radius 1 is 1.14 bits per heavy atom. The number of ether oxygens (including phenoxy) is 2. The summed E-state index contributed by atoms with van der Waals surface area (Å²) in [6.07, 6.45) is -0.398. The quantitative estimate of drug-likeness (QED) is 0.755. The van der Waals surface area contributed by atoms with Crippen LogP contribution in [-0.2, 0) is 25.7 Å². The van der Waals surface area contributed by atoms with Crippen molar-refractivity contribution >= 4 is 23.7 Å². The molecule has 0 aliphatic carbocycles. The number of carbonyl (C=O) groups excluding carboxylic acids is 3. The van der Waals surface area contributed by atoms with Gasteiger partial charge in [-0.25, -0.2) is 9.59 Å². The number of nitrogens with one attached hydrogen (secondary N) is 1. The lowest BCUT2D eigenvalue weighted by molar-refractivity contribution is -0.139. The second-order valence-corrected chi connectivity index (χ2v) is 7.00. The Morgan fingerprint density at radius 3 is 2.62 bits per heavy atom. The first-order valence-corrected chi connectivity index (χ1v) is 9.45. The number of cyclic esters (lactones) is 1. The summed E-state index contributed by atoms with van der Waals surface area (Å²) in [5.74, 6) is -0.758. The second-order valence-electron chi connectivity index (χ2n) is 7.00. The van der Waals surface area contributed by atoms with Gasteiger partial charge in [0, 0.05) is 12.1 Å². The van der Waals surface area contributed by atoms with Crippen molar-refractivity contribution in [2.45, 2.75) is 39.3 Å². The summed E-state index contributed by atoms with van der Waals surface area (Å²) >= 11 is 0. The van der Waals surface area contributed by atoms with Crippen LogP contribution >= 0.6 is 0 Å². The fourth-order valence-electron chi connectivity index (χ4n) is 3.01. The maximum atomic E-state index is 12.4. The second kappa shape index (κ2) is 9.23. The molecule has 2 amide bonds. The van der Waals surface area contributed by atoms with Gasteiger partial charge in [0.15, 0.2) is 6.73 Å². The van der Waals surface area contributed by atoms with E-state index >= 15 is 0 Å². The van der Waals surface area contributed by atoms with Gasteiger partial charge in [-0.15, -0.1) is 0 Å². The summed E-state index contributed by atoms with van der Waals surface area (Å²) in [4.78, 5) is 37.8. The topological polar surface area (TPSA) is 84.9 Å². The number of hydrogen-bond acceptors (Lipinski definition) is 5. The van der Waals surface area contributed by atoms with Crippen molar-refractivity contribution in [1.82, 2.24) is 4.90 Å². The number of nitrogens with zero attached hydrogens (tertiary/aromatic N) is 1. The van der Waals surface area contributed by atoms with Crippen molar-refractivity contribution in [3.63, 3.8) is 0 Å². The van der Waals surface area contributed by atoms with Gasteiger partial charge < -0.3 is 14.8 Å². The Labute approximate surface area is 169 Å². The van der Waals surface area contributed by atoms with Gasteiger partial charge in [0.1, 0.15) is 12.6 Å². The lowest BCUT2D eigenvalue weighted by Crippen LogP contribution is -2.39. The minimum absolute atomic E-state index is 0.0785. The molecule has 1 atom stereocenters. The fourth-order valence-corrected chi connectivity index (χ4v) is 3.01. The Bertz CT molecular complexity index is 897. The number of esters is 1. The van der Waals surface area contributed by atoms with E-state index in [1.165, 1.54) is 4.90 Å². The van der Waals surface area contributed by atoms with Gasteiger partial charge in [-0.3, -0.25) is 9.69 Å². The van der Waals surface area contributed by atoms with E-state index in [1.54, 1.807) is 0 Å². The van der Waals surface area contributed by atoms with Crippen LogP contribution in [0.1, 0.15) is 29.5 Å². The molecule has 0 spiro atoms. The molecule has 0 unspecified atom stereocenters. The van der Waals surface area contributed by atoms with Crippen LogP contribution in [0.3, 0.4) is 0 Å². The van der Waals surface area contributed by atoms with E-state index in [-0.39, 0.29) is 32.1 Å². The third kappa shape index (κ3) is 5.34. The number of aryl methyl sites for hydroxylation is 2. The normalized spacial score (nSPS) is 15.7. The van der Waals surface area contributed by atoms with Gasteiger partial charge in [-0.2, -0.15) is 0 Å². The molecular weight excluding hydrogens is 372 g/mol. The Morgan fingerprint density at radius 2 is 1.90 bits per heavy atom. The molecule has 1 aliphatic rings. The van der Waals surface area contributed by atoms with Gasteiger partial charge in [0.2, 0.25) is 5.91 Å². The van der Waals surface area contributed by atoms with Gasteiger partial charge >= 0.3 is 12.1 Å². The van der Waals surface area contributed by atoms with Crippen molar-refractivity contribution in [2.75, 3.05) is 12.0 Å². The zero-order valence-corrected chi connectivity index (χ0v) is 16.5. The van der Waals surface area contributed by atoms with Crippen molar-refractivity contribution < 1.29 is 23.9 Å². The monoisotopic (exact) mass is 396 g/mol. The van der Waals surface area contributed by atoms with Crippen molar-refractivity contribution in [2.24, 2.45) is 0 Å². The highest BCUT2D eigenvalue weighted by atomic mass is 16.6. The summed E-state index contributed by atoms with van der Waals surface area (Å²) < 4.78 is 10.3. The third-order valence-electron chi connectivity index (χ3n) is 4.87. The van der Waals surface area contributed by atoms with Gasteiger partial charge in [-0.05, 0) is 49.1 Å². The molecule has 0 bridgehead atoms. The van der Waals surface area contributed by atoms with Crippen LogP contribution in [0.15, 0.2) is 48.5 Å². The minimum Gasteiger partial charge on any atom is -0.444 e. The molecule has 2 aromatic rings. The third-order valence-corrected chi connectivity index (χ3v) is 4.87. The first-order valence-electron chi connectivity index (χ1n) is 9.45. The zero-order valence-electron chi connectivity index (χ0n) is 16.5. The van der Waals surface area contributed by atoms with E-state index in [1.807, 2.05) is 62.4 Å². The van der Waals surface area contributed by atoms with Gasteiger partial charge in [0.25, 0.3) is 0 Å². The Kier molecular flexibility index (Phi) is 6.49. The molecule has 2 aromatic carbocycles. The molecule has 0 radical (unpaired) electrons. The van der Waals surface area contributed by atoms with Crippen LogP contribution in [-0.4, -0.2) is 35.6 Å². The summed E-state index contributed by atoms with van der Waals surface area (Å²) in [6.45, 7) is 3.90. The lowest BCUT2D eigenvalue weighted by Gasteiger charge is -2.19. The Hall–Kier alpha value is -3.35. The van der Waals surface area contributed by atoms with E-state index < -0.39 is 18.1 Å². The lowest BCUT2D eigenvalue weighted by atomic mass is 10.1. The summed E-state index contributed by atoms with van der Waals surface area (Å²) in [5, 5.41) is 2.81. The molecule has 0 saturated carbocycles. The van der Waals surface area contributed by atoms with Crippen LogP contribution in [0.5, 0.6) is 0 Å². The van der Waals surface area contributed by atoms with Crippen molar-refractivity contribution in [3.05, 3.63) is 65.2 Å². The number of rotatable bonds is 6. The highest BCUT2D eigenvalue weighted by Crippen LogP contribution is 2.19. The molecular formula is C22H24N2O5. The van der Waals surface area contributed by atoms with Crippen LogP contribution < -0.4 is 5.32 Å². The average molecular weight is 396 g/mol. The summed E-state index contributed by atoms with van der Waals surface area (Å²) in [6, 6.07) is 14.1. The van der Waals surface area contributed by atoms with Crippen LogP contribution in [0.4, 0.5) is 10.5 Å². The van der Waals surface area contributed by atoms with E-state index in [0.717, 1.165) is 16.7 Å². The largest absolute Gasteiger partial charge is 0.444 e. The van der Waals surface area contributed by atoms with Crippen LogP contribution in [0, 0.1) is 13.8 Å².